The summed E-state index contributed by atoms with van der Waals surface area (Å²) in [5.74, 6) is 1.63. The minimum absolute atomic E-state index is 0.180. The number of benzene rings is 3. The number of para-hydroxylation sites is 1. The second-order valence-corrected chi connectivity index (χ2v) is 6.53. The first-order chi connectivity index (χ1) is 13.1. The van der Waals surface area contributed by atoms with Crippen LogP contribution in [0.5, 0.6) is 17.2 Å². The maximum Gasteiger partial charge on any atom is 0.227 e. The van der Waals surface area contributed by atoms with Crippen molar-refractivity contribution in [3.8, 4) is 17.2 Å². The van der Waals surface area contributed by atoms with Gasteiger partial charge >= 0.3 is 0 Å². The van der Waals surface area contributed by atoms with Gasteiger partial charge in [-0.05, 0) is 54.6 Å². The minimum Gasteiger partial charge on any atom is -0.493 e. The third kappa shape index (κ3) is 5.91. The van der Waals surface area contributed by atoms with E-state index in [1.165, 1.54) is 0 Å². The number of carbonyl (C=O) groups is 1. The van der Waals surface area contributed by atoms with E-state index in [-0.39, 0.29) is 18.9 Å². The van der Waals surface area contributed by atoms with E-state index >= 15 is 0 Å². The molecule has 138 valence electrons. The number of anilines is 1. The molecule has 1 amide bonds. The van der Waals surface area contributed by atoms with Crippen molar-refractivity contribution in [1.29, 1.82) is 0 Å². The number of amides is 1. The van der Waals surface area contributed by atoms with Crippen LogP contribution in [-0.2, 0) is 4.79 Å². The average molecular weight is 402 g/mol. The molecule has 3 aromatic rings. The average Bonchev–Trinajstić information content (AvgIpc) is 2.66. The van der Waals surface area contributed by atoms with E-state index in [0.29, 0.717) is 33.0 Å². The van der Waals surface area contributed by atoms with Crippen LogP contribution in [0.1, 0.15) is 6.42 Å². The van der Waals surface area contributed by atoms with Crippen molar-refractivity contribution in [3.05, 3.63) is 82.8 Å². The first-order valence-corrected chi connectivity index (χ1v) is 9.06. The lowest BCUT2D eigenvalue weighted by Crippen LogP contribution is -2.15. The lowest BCUT2D eigenvalue weighted by molar-refractivity contribution is -0.116. The molecule has 0 atom stereocenters. The Balaban J connectivity index is 1.59. The van der Waals surface area contributed by atoms with Gasteiger partial charge in [-0.1, -0.05) is 41.4 Å². The first kappa shape index (κ1) is 19.1. The summed E-state index contributed by atoms with van der Waals surface area (Å²) in [5.41, 5.74) is 0.503. The number of ether oxygens (including phenoxy) is 2. The Morgan fingerprint density at radius 1 is 0.852 bits per heavy atom. The van der Waals surface area contributed by atoms with Crippen LogP contribution in [0.15, 0.2) is 72.8 Å². The van der Waals surface area contributed by atoms with Crippen molar-refractivity contribution < 1.29 is 14.3 Å². The Morgan fingerprint density at radius 2 is 1.56 bits per heavy atom. The zero-order chi connectivity index (χ0) is 19.1. The van der Waals surface area contributed by atoms with Gasteiger partial charge in [0.15, 0.2) is 5.75 Å². The van der Waals surface area contributed by atoms with Crippen LogP contribution in [0.25, 0.3) is 0 Å². The van der Waals surface area contributed by atoms with Gasteiger partial charge in [-0.15, -0.1) is 0 Å². The molecule has 0 heterocycles. The van der Waals surface area contributed by atoms with Crippen molar-refractivity contribution in [1.82, 2.24) is 0 Å². The molecule has 0 saturated heterocycles. The zero-order valence-corrected chi connectivity index (χ0v) is 15.8. The molecule has 4 nitrogen and oxygen atoms in total. The molecule has 0 radical (unpaired) electrons. The summed E-state index contributed by atoms with van der Waals surface area (Å²) >= 11 is 11.9. The molecular formula is C21H17Cl2NO3. The number of carbonyl (C=O) groups excluding carboxylic acids is 1. The molecule has 6 heteroatoms. The Labute approximate surface area is 167 Å². The van der Waals surface area contributed by atoms with Gasteiger partial charge in [-0.3, -0.25) is 4.79 Å². The number of hydrogen-bond donors (Lipinski definition) is 1. The van der Waals surface area contributed by atoms with Crippen molar-refractivity contribution in [2.75, 3.05) is 11.9 Å². The lowest BCUT2D eigenvalue weighted by atomic mass is 10.2. The molecule has 0 saturated carbocycles. The Hall–Kier alpha value is -2.69. The molecule has 0 spiro atoms. The van der Waals surface area contributed by atoms with Gasteiger partial charge in [0, 0.05) is 10.0 Å². The quantitative estimate of drug-likeness (QED) is 0.512. The first-order valence-electron chi connectivity index (χ1n) is 8.31. The second kappa shape index (κ2) is 9.31. The Kier molecular flexibility index (Phi) is 6.58. The molecule has 0 aliphatic heterocycles. The van der Waals surface area contributed by atoms with Gasteiger partial charge in [-0.2, -0.15) is 0 Å². The van der Waals surface area contributed by atoms with Crippen molar-refractivity contribution in [2.45, 2.75) is 6.42 Å². The highest BCUT2D eigenvalue weighted by Crippen LogP contribution is 2.32. The molecule has 3 aromatic carbocycles. The summed E-state index contributed by atoms with van der Waals surface area (Å²) in [5, 5.41) is 3.95. The summed E-state index contributed by atoms with van der Waals surface area (Å²) in [4.78, 5) is 12.3. The van der Waals surface area contributed by atoms with Crippen LogP contribution in [0.4, 0.5) is 5.69 Å². The number of hydrogen-bond acceptors (Lipinski definition) is 3. The molecule has 27 heavy (non-hydrogen) atoms. The van der Waals surface area contributed by atoms with Crippen LogP contribution in [0.2, 0.25) is 10.0 Å². The van der Waals surface area contributed by atoms with E-state index in [2.05, 4.69) is 5.32 Å². The molecule has 0 aliphatic carbocycles. The van der Waals surface area contributed by atoms with Gasteiger partial charge in [0.2, 0.25) is 5.91 Å². The zero-order valence-electron chi connectivity index (χ0n) is 14.3. The van der Waals surface area contributed by atoms with E-state index in [1.807, 2.05) is 30.3 Å². The van der Waals surface area contributed by atoms with Gasteiger partial charge in [0.1, 0.15) is 11.5 Å². The fourth-order valence-electron chi connectivity index (χ4n) is 2.31. The topological polar surface area (TPSA) is 47.6 Å². The van der Waals surface area contributed by atoms with Crippen LogP contribution >= 0.6 is 23.2 Å². The highest BCUT2D eigenvalue weighted by Gasteiger charge is 2.10. The fraction of sp³-hybridized carbons (Fsp3) is 0.0952. The predicted molar refractivity (Wildman–Crippen MR) is 108 cm³/mol. The molecule has 3 rings (SSSR count). The van der Waals surface area contributed by atoms with Crippen LogP contribution in [-0.4, -0.2) is 12.5 Å². The number of nitrogens with one attached hydrogen (secondary N) is 1. The monoisotopic (exact) mass is 401 g/mol. The van der Waals surface area contributed by atoms with Crippen molar-refractivity contribution >= 4 is 34.8 Å². The molecule has 0 aromatic heterocycles. The Bertz CT molecular complexity index is 899. The minimum atomic E-state index is -0.204. The van der Waals surface area contributed by atoms with Gasteiger partial charge in [-0.25, -0.2) is 0 Å². The largest absolute Gasteiger partial charge is 0.493 e. The summed E-state index contributed by atoms with van der Waals surface area (Å²) in [6.07, 6.45) is 0.180. The maximum absolute atomic E-state index is 12.3. The van der Waals surface area contributed by atoms with E-state index in [4.69, 9.17) is 32.7 Å². The van der Waals surface area contributed by atoms with E-state index in [0.717, 1.165) is 0 Å². The van der Waals surface area contributed by atoms with E-state index in [9.17, 15) is 4.79 Å². The van der Waals surface area contributed by atoms with Crippen molar-refractivity contribution in [3.63, 3.8) is 0 Å². The molecular weight excluding hydrogens is 385 g/mol. The third-order valence-electron chi connectivity index (χ3n) is 3.60. The predicted octanol–water partition coefficient (Wildman–Crippen LogP) is 6.19. The summed E-state index contributed by atoms with van der Waals surface area (Å²) < 4.78 is 11.4. The highest BCUT2D eigenvalue weighted by molar-refractivity contribution is 6.31. The normalized spacial score (nSPS) is 10.3. The molecule has 0 bridgehead atoms. The van der Waals surface area contributed by atoms with Gasteiger partial charge in [0.25, 0.3) is 0 Å². The molecule has 0 unspecified atom stereocenters. The van der Waals surface area contributed by atoms with E-state index < -0.39 is 0 Å². The van der Waals surface area contributed by atoms with Gasteiger partial charge in [0.05, 0.1) is 18.7 Å². The van der Waals surface area contributed by atoms with Crippen molar-refractivity contribution in [2.24, 2.45) is 0 Å². The standard InChI is InChI=1S/C21H17Cl2NO3/c22-15-6-9-17(10-7-15)26-13-12-21(25)24-19-14-16(23)8-11-20(19)27-18-4-2-1-3-5-18/h1-11,14H,12-13H2,(H,24,25). The molecule has 1 N–H and O–H groups in total. The van der Waals surface area contributed by atoms with Crippen LogP contribution in [0, 0.1) is 0 Å². The summed E-state index contributed by atoms with van der Waals surface area (Å²) in [7, 11) is 0. The van der Waals surface area contributed by atoms with E-state index in [1.54, 1.807) is 42.5 Å². The van der Waals surface area contributed by atoms with Crippen LogP contribution < -0.4 is 14.8 Å². The third-order valence-corrected chi connectivity index (χ3v) is 4.09. The fourth-order valence-corrected chi connectivity index (χ4v) is 2.61. The SMILES string of the molecule is O=C(CCOc1ccc(Cl)cc1)Nc1cc(Cl)ccc1Oc1ccccc1. The second-order valence-electron chi connectivity index (χ2n) is 5.66. The molecule has 0 fully saturated rings. The highest BCUT2D eigenvalue weighted by atomic mass is 35.5. The number of halogens is 2. The maximum atomic E-state index is 12.3. The Morgan fingerprint density at radius 3 is 2.30 bits per heavy atom. The molecule has 0 aliphatic rings. The van der Waals surface area contributed by atoms with Crippen LogP contribution in [0.3, 0.4) is 0 Å². The lowest BCUT2D eigenvalue weighted by Gasteiger charge is -2.13. The summed E-state index contributed by atoms with van der Waals surface area (Å²) in [6.45, 7) is 0.239. The van der Waals surface area contributed by atoms with Gasteiger partial charge < -0.3 is 14.8 Å². The smallest absolute Gasteiger partial charge is 0.227 e. The number of rotatable bonds is 7. The summed E-state index contributed by atoms with van der Waals surface area (Å²) in [6, 6.07) is 21.4.